The van der Waals surface area contributed by atoms with Crippen LogP contribution < -0.4 is 5.32 Å². The van der Waals surface area contributed by atoms with Crippen molar-refractivity contribution in [3.8, 4) is 0 Å². The van der Waals surface area contributed by atoms with Gasteiger partial charge >= 0.3 is 0 Å². The first-order valence-electron chi connectivity index (χ1n) is 6.94. The number of methoxy groups -OCH3 is 1. The highest BCUT2D eigenvalue weighted by Crippen LogP contribution is 2.32. The molecular formula is C14H29NO. The van der Waals surface area contributed by atoms with Crippen molar-refractivity contribution < 1.29 is 4.74 Å². The Morgan fingerprint density at radius 2 is 1.94 bits per heavy atom. The van der Waals surface area contributed by atoms with Crippen LogP contribution in [0.3, 0.4) is 0 Å². The topological polar surface area (TPSA) is 21.3 Å². The van der Waals surface area contributed by atoms with Crippen LogP contribution in [0.5, 0.6) is 0 Å². The van der Waals surface area contributed by atoms with Gasteiger partial charge < -0.3 is 10.1 Å². The van der Waals surface area contributed by atoms with Gasteiger partial charge in [0.2, 0.25) is 0 Å². The molecule has 1 saturated carbocycles. The molecule has 0 spiro atoms. The number of hydrogen-bond acceptors (Lipinski definition) is 2. The third-order valence-corrected chi connectivity index (χ3v) is 4.40. The second-order valence-corrected chi connectivity index (χ2v) is 5.37. The Kier molecular flexibility index (Phi) is 5.77. The van der Waals surface area contributed by atoms with Crippen LogP contribution in [-0.4, -0.2) is 25.3 Å². The molecule has 96 valence electrons. The largest absolute Gasteiger partial charge is 0.377 e. The van der Waals surface area contributed by atoms with E-state index in [-0.39, 0.29) is 5.60 Å². The molecule has 0 aromatic carbocycles. The maximum atomic E-state index is 5.75. The van der Waals surface area contributed by atoms with Gasteiger partial charge in [0.25, 0.3) is 0 Å². The van der Waals surface area contributed by atoms with Crippen molar-refractivity contribution in [2.75, 3.05) is 13.7 Å². The Labute approximate surface area is 101 Å². The van der Waals surface area contributed by atoms with Crippen molar-refractivity contribution in [1.82, 2.24) is 5.32 Å². The number of likely N-dealkylation sites (N-methyl/N-ethyl adjacent to an activating group) is 1. The van der Waals surface area contributed by atoms with Gasteiger partial charge in [-0.15, -0.1) is 0 Å². The van der Waals surface area contributed by atoms with Crippen molar-refractivity contribution in [2.45, 2.75) is 70.9 Å². The molecule has 1 aliphatic rings. The number of ether oxygens (including phenoxy) is 1. The molecule has 0 aliphatic heterocycles. The fourth-order valence-corrected chi connectivity index (χ4v) is 2.91. The molecule has 0 amide bonds. The average molecular weight is 227 g/mol. The predicted octanol–water partition coefficient (Wildman–Crippen LogP) is 3.36. The first-order valence-corrected chi connectivity index (χ1v) is 6.94. The van der Waals surface area contributed by atoms with E-state index in [4.69, 9.17) is 4.74 Å². The smallest absolute Gasteiger partial charge is 0.0800 e. The van der Waals surface area contributed by atoms with Crippen LogP contribution >= 0.6 is 0 Å². The highest BCUT2D eigenvalue weighted by Gasteiger charge is 2.34. The molecule has 2 unspecified atom stereocenters. The lowest BCUT2D eigenvalue weighted by Crippen LogP contribution is -2.50. The first kappa shape index (κ1) is 14.0. The molecule has 0 bridgehead atoms. The normalized spacial score (nSPS) is 23.2. The summed E-state index contributed by atoms with van der Waals surface area (Å²) in [5.74, 6) is 0.921. The predicted molar refractivity (Wildman–Crippen MR) is 69.7 cm³/mol. The quantitative estimate of drug-likeness (QED) is 0.720. The lowest BCUT2D eigenvalue weighted by molar-refractivity contribution is -0.0345. The summed E-state index contributed by atoms with van der Waals surface area (Å²) in [6.45, 7) is 7.70. The summed E-state index contributed by atoms with van der Waals surface area (Å²) in [6.07, 6.45) is 8.06. The summed E-state index contributed by atoms with van der Waals surface area (Å²) in [5.41, 5.74) is -0.00139. The van der Waals surface area contributed by atoms with E-state index in [0.29, 0.717) is 6.04 Å². The van der Waals surface area contributed by atoms with Gasteiger partial charge in [0.1, 0.15) is 0 Å². The molecule has 2 nitrogen and oxygen atoms in total. The summed E-state index contributed by atoms with van der Waals surface area (Å²) >= 11 is 0. The zero-order valence-electron chi connectivity index (χ0n) is 11.5. The summed E-state index contributed by atoms with van der Waals surface area (Å²) in [7, 11) is 1.85. The van der Waals surface area contributed by atoms with Gasteiger partial charge in [-0.3, -0.25) is 0 Å². The van der Waals surface area contributed by atoms with E-state index in [1.54, 1.807) is 0 Å². The van der Waals surface area contributed by atoms with Gasteiger partial charge in [-0.2, -0.15) is 0 Å². The Morgan fingerprint density at radius 1 is 1.31 bits per heavy atom. The highest BCUT2D eigenvalue weighted by atomic mass is 16.5. The van der Waals surface area contributed by atoms with Crippen molar-refractivity contribution in [3.63, 3.8) is 0 Å². The molecule has 16 heavy (non-hydrogen) atoms. The van der Waals surface area contributed by atoms with E-state index in [2.05, 4.69) is 26.1 Å². The zero-order valence-corrected chi connectivity index (χ0v) is 11.5. The number of hydrogen-bond donors (Lipinski definition) is 1. The van der Waals surface area contributed by atoms with Crippen LogP contribution in [0.15, 0.2) is 0 Å². The molecule has 0 radical (unpaired) electrons. The van der Waals surface area contributed by atoms with Crippen LogP contribution in [0.1, 0.15) is 59.3 Å². The Hall–Kier alpha value is -0.0800. The monoisotopic (exact) mass is 227 g/mol. The molecule has 1 N–H and O–H groups in total. The second-order valence-electron chi connectivity index (χ2n) is 5.37. The molecular weight excluding hydrogens is 198 g/mol. The second kappa shape index (κ2) is 6.61. The van der Waals surface area contributed by atoms with Crippen LogP contribution in [-0.2, 0) is 4.74 Å². The van der Waals surface area contributed by atoms with Gasteiger partial charge in [0.15, 0.2) is 0 Å². The Morgan fingerprint density at radius 3 is 2.38 bits per heavy atom. The zero-order chi connectivity index (χ0) is 12.0. The minimum atomic E-state index is -0.00139. The number of rotatable bonds is 7. The van der Waals surface area contributed by atoms with E-state index in [1.165, 1.54) is 32.1 Å². The van der Waals surface area contributed by atoms with Crippen LogP contribution in [0.25, 0.3) is 0 Å². The molecule has 1 aliphatic carbocycles. The molecule has 1 fully saturated rings. The van der Waals surface area contributed by atoms with E-state index in [0.717, 1.165) is 18.9 Å². The summed E-state index contributed by atoms with van der Waals surface area (Å²) in [5, 5.41) is 3.63. The van der Waals surface area contributed by atoms with Crippen LogP contribution in [0.2, 0.25) is 0 Å². The van der Waals surface area contributed by atoms with Crippen LogP contribution in [0.4, 0.5) is 0 Å². The average Bonchev–Trinajstić information content (AvgIpc) is 2.80. The van der Waals surface area contributed by atoms with E-state index < -0.39 is 0 Å². The Balaban J connectivity index is 2.57. The van der Waals surface area contributed by atoms with Crippen molar-refractivity contribution in [3.05, 3.63) is 0 Å². The number of nitrogens with one attached hydrogen (secondary N) is 1. The third kappa shape index (κ3) is 3.46. The maximum absolute atomic E-state index is 5.75. The van der Waals surface area contributed by atoms with Crippen molar-refractivity contribution >= 4 is 0 Å². The summed E-state index contributed by atoms with van der Waals surface area (Å²) in [4.78, 5) is 0. The first-order chi connectivity index (χ1) is 7.66. The molecule has 0 aromatic rings. The van der Waals surface area contributed by atoms with E-state index in [1.807, 2.05) is 7.11 Å². The van der Waals surface area contributed by atoms with Crippen molar-refractivity contribution in [2.24, 2.45) is 5.92 Å². The van der Waals surface area contributed by atoms with Gasteiger partial charge in [-0.05, 0) is 32.2 Å². The molecule has 2 atom stereocenters. The van der Waals surface area contributed by atoms with Gasteiger partial charge in [0, 0.05) is 13.2 Å². The van der Waals surface area contributed by atoms with E-state index >= 15 is 0 Å². The SMILES string of the molecule is CCNC(CC1CCCC1)C(C)(CC)OC. The van der Waals surface area contributed by atoms with Gasteiger partial charge in [-0.25, -0.2) is 0 Å². The lowest BCUT2D eigenvalue weighted by Gasteiger charge is -2.37. The minimum Gasteiger partial charge on any atom is -0.377 e. The fraction of sp³-hybridized carbons (Fsp3) is 1.00. The van der Waals surface area contributed by atoms with E-state index in [9.17, 15) is 0 Å². The molecule has 1 rings (SSSR count). The standard InChI is InChI=1S/C14H29NO/c1-5-14(3,16-4)13(15-6-2)11-12-9-7-8-10-12/h12-13,15H,5-11H2,1-4H3. The molecule has 0 saturated heterocycles. The fourth-order valence-electron chi connectivity index (χ4n) is 2.91. The lowest BCUT2D eigenvalue weighted by atomic mass is 9.85. The molecule has 0 aromatic heterocycles. The molecule has 0 heterocycles. The summed E-state index contributed by atoms with van der Waals surface area (Å²) in [6, 6.07) is 0.510. The third-order valence-electron chi connectivity index (χ3n) is 4.40. The maximum Gasteiger partial charge on any atom is 0.0800 e. The van der Waals surface area contributed by atoms with Crippen LogP contribution in [0, 0.1) is 5.92 Å². The van der Waals surface area contributed by atoms with Crippen molar-refractivity contribution in [1.29, 1.82) is 0 Å². The Bertz CT molecular complexity index is 183. The van der Waals surface area contributed by atoms with Gasteiger partial charge in [0.05, 0.1) is 5.60 Å². The molecule has 2 heteroatoms. The highest BCUT2D eigenvalue weighted by molar-refractivity contribution is 4.90. The minimum absolute atomic E-state index is 0.00139. The summed E-state index contributed by atoms with van der Waals surface area (Å²) < 4.78 is 5.75. The van der Waals surface area contributed by atoms with Gasteiger partial charge in [-0.1, -0.05) is 39.5 Å².